The van der Waals surface area contributed by atoms with Crippen LogP contribution < -0.4 is 29.4 Å². The number of benzene rings is 3. The van der Waals surface area contributed by atoms with Gasteiger partial charge in [0.25, 0.3) is 0 Å². The standard InChI is InChI=1S/C55H80N6/c1-21-23-25-54-36-27-42-45(59(51(12,13)14)33-56(42)48(3,4)5)30-39(36)55(26-24-22-2,40-31-46-43(28-37(40)54)57(49(6,7)8)34-60(46)52(15,16)17)41-32-47-44(29-38(41)54)58(50(9,10)11)35-61(47)53(18,19)20/h27-32H,21-26,33H2,1-20H3. The Morgan fingerprint density at radius 2 is 0.607 bits per heavy atom. The lowest BCUT2D eigenvalue weighted by Crippen LogP contribution is -2.51. The van der Waals surface area contributed by atoms with Gasteiger partial charge in [0, 0.05) is 44.1 Å². The molecule has 4 radical (unpaired) electrons. The second-order valence-corrected chi connectivity index (χ2v) is 25.2. The van der Waals surface area contributed by atoms with Crippen LogP contribution in [0.15, 0.2) is 36.4 Å². The highest BCUT2D eigenvalue weighted by Gasteiger charge is 2.61. The highest BCUT2D eigenvalue weighted by atomic mass is 15.4. The zero-order valence-corrected chi connectivity index (χ0v) is 42.1. The summed E-state index contributed by atoms with van der Waals surface area (Å²) >= 11 is 0. The summed E-state index contributed by atoms with van der Waals surface area (Å²) in [6, 6.07) is 16.1. The van der Waals surface area contributed by atoms with Gasteiger partial charge in [0.05, 0.1) is 40.8 Å². The molecule has 61 heavy (non-hydrogen) atoms. The first-order valence-corrected chi connectivity index (χ1v) is 23.8. The van der Waals surface area contributed by atoms with Crippen LogP contribution in [0.2, 0.25) is 0 Å². The second kappa shape index (κ2) is 13.5. The van der Waals surface area contributed by atoms with Crippen LogP contribution in [0.25, 0.3) is 0 Å². The molecule has 6 heteroatoms. The average molecular weight is 825 g/mol. The monoisotopic (exact) mass is 825 g/mol. The Kier molecular flexibility index (Phi) is 9.75. The Morgan fingerprint density at radius 1 is 0.377 bits per heavy atom. The third kappa shape index (κ3) is 6.34. The van der Waals surface area contributed by atoms with Gasteiger partial charge in [-0.2, -0.15) is 0 Å². The predicted octanol–water partition coefficient (Wildman–Crippen LogP) is 14.0. The lowest BCUT2D eigenvalue weighted by Gasteiger charge is -2.58. The van der Waals surface area contributed by atoms with E-state index in [1.165, 1.54) is 67.5 Å². The van der Waals surface area contributed by atoms with Crippen molar-refractivity contribution in [1.82, 2.24) is 0 Å². The van der Waals surface area contributed by atoms with E-state index in [0.717, 1.165) is 45.2 Å². The maximum atomic E-state index is 3.96. The molecule has 3 heterocycles. The number of hydrogen-bond donors (Lipinski definition) is 0. The summed E-state index contributed by atoms with van der Waals surface area (Å²) in [5.74, 6) is 0. The van der Waals surface area contributed by atoms with Crippen molar-refractivity contribution >= 4 is 34.1 Å². The summed E-state index contributed by atoms with van der Waals surface area (Å²) in [5, 5.41) is 0. The van der Waals surface area contributed by atoms with E-state index in [1.807, 2.05) is 0 Å². The van der Waals surface area contributed by atoms with Gasteiger partial charge >= 0.3 is 0 Å². The Bertz CT molecular complexity index is 1830. The van der Waals surface area contributed by atoms with E-state index in [0.29, 0.717) is 0 Å². The molecule has 3 aromatic rings. The zero-order valence-electron chi connectivity index (χ0n) is 42.1. The molecule has 6 nitrogen and oxygen atoms in total. The van der Waals surface area contributed by atoms with Gasteiger partial charge in [-0.05, 0) is 207 Å². The van der Waals surface area contributed by atoms with Gasteiger partial charge in [-0.25, -0.2) is 0 Å². The fourth-order valence-corrected chi connectivity index (χ4v) is 11.5. The van der Waals surface area contributed by atoms with Crippen molar-refractivity contribution in [3.8, 4) is 0 Å². The van der Waals surface area contributed by atoms with Crippen LogP contribution in [0.1, 0.15) is 210 Å². The van der Waals surface area contributed by atoms with Gasteiger partial charge < -0.3 is 29.4 Å². The van der Waals surface area contributed by atoms with Gasteiger partial charge in [-0.1, -0.05) is 39.5 Å². The van der Waals surface area contributed by atoms with Crippen molar-refractivity contribution in [2.75, 3.05) is 36.1 Å². The SMILES string of the molecule is CCCCC12c3cc4c(cc3C(CCCC)(c3cc5c(cc31)N(C(C)(C)C)[C]N5C(C)(C)C)c1cc3c(cc12)N(C(C)(C)C)CN3C(C)(C)C)N(C(C)(C)C)[C]N4C(C)(C)C. The molecule has 0 saturated heterocycles. The highest BCUT2D eigenvalue weighted by molar-refractivity contribution is 5.93. The number of rotatable bonds is 6. The maximum absolute atomic E-state index is 3.96. The van der Waals surface area contributed by atoms with Crippen molar-refractivity contribution in [3.63, 3.8) is 0 Å². The molecule has 6 aliphatic rings. The lowest BCUT2D eigenvalue weighted by molar-refractivity contribution is 0.404. The summed E-state index contributed by atoms with van der Waals surface area (Å²) in [4.78, 5) is 15.2. The number of anilines is 6. The molecule has 0 aromatic heterocycles. The topological polar surface area (TPSA) is 19.4 Å². The Labute approximate surface area is 373 Å². The van der Waals surface area contributed by atoms with Crippen molar-refractivity contribution < 1.29 is 0 Å². The molecule has 0 unspecified atom stereocenters. The largest absolute Gasteiger partial charge is 0.347 e. The molecular formula is C55H80N6. The minimum absolute atomic E-state index is 0.0464. The van der Waals surface area contributed by atoms with E-state index in [4.69, 9.17) is 0 Å². The maximum Gasteiger partial charge on any atom is 0.209 e. The molecule has 9 rings (SSSR count). The Hall–Kier alpha value is -3.54. The third-order valence-corrected chi connectivity index (χ3v) is 14.4. The molecule has 0 spiro atoms. The summed E-state index contributed by atoms with van der Waals surface area (Å²) < 4.78 is 0. The third-order valence-electron chi connectivity index (χ3n) is 14.4. The van der Waals surface area contributed by atoms with Crippen LogP contribution in [-0.2, 0) is 10.8 Å². The number of fused-ring (bicyclic) bond motifs is 3. The molecule has 0 amide bonds. The molecular weight excluding hydrogens is 745 g/mol. The van der Waals surface area contributed by atoms with E-state index >= 15 is 0 Å². The van der Waals surface area contributed by atoms with Crippen LogP contribution in [0.4, 0.5) is 34.1 Å². The minimum atomic E-state index is -0.362. The first-order valence-electron chi connectivity index (χ1n) is 23.8. The van der Waals surface area contributed by atoms with E-state index < -0.39 is 0 Å². The van der Waals surface area contributed by atoms with Crippen molar-refractivity contribution in [2.45, 2.75) is 221 Å². The van der Waals surface area contributed by atoms with Crippen LogP contribution >= 0.6 is 0 Å². The van der Waals surface area contributed by atoms with Gasteiger partial charge in [0.2, 0.25) is 13.3 Å². The molecule has 2 bridgehead atoms. The molecule has 0 N–H and O–H groups in total. The van der Waals surface area contributed by atoms with Gasteiger partial charge in [-0.3, -0.25) is 0 Å². The van der Waals surface area contributed by atoms with Crippen molar-refractivity contribution in [3.05, 3.63) is 83.1 Å². The molecule has 3 aromatic carbocycles. The van der Waals surface area contributed by atoms with E-state index in [-0.39, 0.29) is 44.1 Å². The number of hydrogen-bond acceptors (Lipinski definition) is 6. The van der Waals surface area contributed by atoms with E-state index in [1.54, 1.807) is 0 Å². The summed E-state index contributed by atoms with van der Waals surface area (Å²) in [7, 11) is 0. The highest BCUT2D eigenvalue weighted by Crippen LogP contribution is 2.70. The normalized spacial score (nSPS) is 22.2. The fourth-order valence-electron chi connectivity index (χ4n) is 11.5. The summed E-state index contributed by atoms with van der Waals surface area (Å²) in [6.45, 7) is 56.0. The molecule has 330 valence electrons. The van der Waals surface area contributed by atoms with E-state index in [2.05, 4.69) is 218 Å². The van der Waals surface area contributed by atoms with Gasteiger partial charge in [-0.15, -0.1) is 0 Å². The summed E-state index contributed by atoms with van der Waals surface area (Å²) in [6.07, 6.45) is 6.63. The Balaban J connectivity index is 1.58. The van der Waals surface area contributed by atoms with Gasteiger partial charge in [0.1, 0.15) is 0 Å². The fraction of sp³-hybridized carbons (Fsp3) is 0.636. The van der Waals surface area contributed by atoms with Crippen LogP contribution in [-0.4, -0.2) is 39.9 Å². The smallest absolute Gasteiger partial charge is 0.209 e. The van der Waals surface area contributed by atoms with Crippen molar-refractivity contribution in [1.29, 1.82) is 0 Å². The van der Waals surface area contributed by atoms with Crippen molar-refractivity contribution in [2.24, 2.45) is 0 Å². The predicted molar refractivity (Wildman–Crippen MR) is 263 cm³/mol. The lowest BCUT2D eigenvalue weighted by atomic mass is 9.45. The van der Waals surface area contributed by atoms with Gasteiger partial charge in [0.15, 0.2) is 0 Å². The Morgan fingerprint density at radius 3 is 0.803 bits per heavy atom. The first kappa shape index (κ1) is 44.1. The molecule has 0 atom stereocenters. The molecule has 0 saturated carbocycles. The molecule has 0 fully saturated rings. The average Bonchev–Trinajstić information content (AvgIpc) is 3.82. The van der Waals surface area contributed by atoms with Crippen LogP contribution in [0, 0.1) is 13.3 Å². The molecule has 3 aliphatic carbocycles. The molecule has 3 aliphatic heterocycles. The van der Waals surface area contributed by atoms with E-state index in [9.17, 15) is 0 Å². The first-order chi connectivity index (χ1) is 27.9. The summed E-state index contributed by atoms with van der Waals surface area (Å²) in [5.41, 5.74) is 15.6. The van der Waals surface area contributed by atoms with Crippen LogP contribution in [0.3, 0.4) is 0 Å². The quantitative estimate of drug-likeness (QED) is 0.245. The number of nitrogens with zero attached hydrogens (tertiary/aromatic N) is 6. The minimum Gasteiger partial charge on any atom is -0.347 e. The van der Waals surface area contributed by atoms with Crippen LogP contribution in [0.5, 0.6) is 0 Å². The zero-order chi connectivity index (χ0) is 45.0. The number of unbranched alkanes of at least 4 members (excludes halogenated alkanes) is 2. The second-order valence-electron chi connectivity index (χ2n) is 25.2.